The van der Waals surface area contributed by atoms with Crippen molar-refractivity contribution in [2.75, 3.05) is 13.1 Å². The van der Waals surface area contributed by atoms with Crippen LogP contribution in [0.2, 0.25) is 0 Å². The van der Waals surface area contributed by atoms with Gasteiger partial charge in [0, 0.05) is 36.7 Å². The number of H-pyrrole nitrogens is 1. The van der Waals surface area contributed by atoms with E-state index in [0.29, 0.717) is 29.9 Å². The number of aromatic amines is 1. The molecule has 164 valence electrons. The molecule has 1 amide bonds. The van der Waals surface area contributed by atoms with Crippen molar-refractivity contribution in [3.05, 3.63) is 81.1 Å². The zero-order chi connectivity index (χ0) is 22.2. The monoisotopic (exact) mass is 430 g/mol. The maximum atomic E-state index is 13.1. The van der Waals surface area contributed by atoms with E-state index in [1.807, 2.05) is 11.0 Å². The van der Waals surface area contributed by atoms with Crippen LogP contribution < -0.4 is 11.2 Å². The summed E-state index contributed by atoms with van der Waals surface area (Å²) in [6.45, 7) is 3.29. The summed E-state index contributed by atoms with van der Waals surface area (Å²) in [5.74, 6) is 0.316. The number of carbonyl (C=O) groups is 1. The molecular formula is C25H26N4O3. The highest BCUT2D eigenvalue weighted by Crippen LogP contribution is 2.33. The summed E-state index contributed by atoms with van der Waals surface area (Å²) in [6, 6.07) is 15.3. The van der Waals surface area contributed by atoms with Crippen LogP contribution >= 0.6 is 0 Å². The molecule has 5 rings (SSSR count). The van der Waals surface area contributed by atoms with Crippen LogP contribution in [-0.4, -0.2) is 38.0 Å². The lowest BCUT2D eigenvalue weighted by Crippen LogP contribution is -2.44. The molecule has 1 aliphatic rings. The summed E-state index contributed by atoms with van der Waals surface area (Å²) < 4.78 is 2.63. The van der Waals surface area contributed by atoms with E-state index in [1.54, 1.807) is 31.2 Å². The van der Waals surface area contributed by atoms with Gasteiger partial charge in [0.15, 0.2) is 0 Å². The summed E-state index contributed by atoms with van der Waals surface area (Å²) in [7, 11) is 0. The van der Waals surface area contributed by atoms with Crippen LogP contribution in [0.4, 0.5) is 0 Å². The van der Waals surface area contributed by atoms with E-state index in [0.717, 1.165) is 18.4 Å². The Morgan fingerprint density at radius 2 is 1.66 bits per heavy atom. The van der Waals surface area contributed by atoms with Crippen LogP contribution in [0.25, 0.3) is 21.8 Å². The van der Waals surface area contributed by atoms with E-state index in [1.165, 1.54) is 20.1 Å². The molecule has 2 aromatic heterocycles. The third kappa shape index (κ3) is 3.34. The van der Waals surface area contributed by atoms with Gasteiger partial charge < -0.3 is 9.88 Å². The maximum absolute atomic E-state index is 13.1. The fourth-order valence-electron chi connectivity index (χ4n) is 4.91. The molecule has 0 radical (unpaired) electrons. The van der Waals surface area contributed by atoms with Crippen LogP contribution in [-0.2, 0) is 17.9 Å². The summed E-state index contributed by atoms with van der Waals surface area (Å²) in [5.41, 5.74) is 2.21. The number of para-hydroxylation sites is 2. The molecule has 32 heavy (non-hydrogen) atoms. The number of benzene rings is 2. The molecular weight excluding hydrogens is 404 g/mol. The van der Waals surface area contributed by atoms with E-state index >= 15 is 0 Å². The fraction of sp³-hybridized carbons (Fsp3) is 0.320. The van der Waals surface area contributed by atoms with Crippen molar-refractivity contribution >= 4 is 27.7 Å². The minimum absolute atomic E-state index is 0.0582. The number of fused-ring (bicyclic) bond motifs is 2. The Morgan fingerprint density at radius 1 is 0.969 bits per heavy atom. The van der Waals surface area contributed by atoms with Gasteiger partial charge in [-0.3, -0.25) is 18.7 Å². The number of amides is 1. The zero-order valence-electron chi connectivity index (χ0n) is 18.1. The van der Waals surface area contributed by atoms with Crippen LogP contribution in [0.3, 0.4) is 0 Å². The number of carbonyl (C=O) groups excluding carboxylic acids is 1. The molecule has 7 nitrogen and oxygen atoms in total. The molecule has 0 atom stereocenters. The molecule has 1 aliphatic heterocycles. The number of nitrogens with zero attached hydrogens (tertiary/aromatic N) is 3. The number of likely N-dealkylation sites (tertiary alicyclic amines) is 1. The van der Waals surface area contributed by atoms with Gasteiger partial charge in [-0.25, -0.2) is 4.79 Å². The largest absolute Gasteiger partial charge is 0.361 e. The highest BCUT2D eigenvalue weighted by Gasteiger charge is 2.26. The highest BCUT2D eigenvalue weighted by atomic mass is 16.2. The van der Waals surface area contributed by atoms with Crippen molar-refractivity contribution in [2.24, 2.45) is 0 Å². The van der Waals surface area contributed by atoms with Crippen molar-refractivity contribution in [1.82, 2.24) is 19.0 Å². The Bertz CT molecular complexity index is 1420. The van der Waals surface area contributed by atoms with Gasteiger partial charge in [0.25, 0.3) is 5.56 Å². The number of hydrogen-bond donors (Lipinski definition) is 1. The molecule has 0 aliphatic carbocycles. The van der Waals surface area contributed by atoms with Gasteiger partial charge in [-0.1, -0.05) is 30.3 Å². The molecule has 0 bridgehead atoms. The number of hydrogen-bond acceptors (Lipinski definition) is 3. The lowest BCUT2D eigenvalue weighted by atomic mass is 9.89. The Kier molecular flexibility index (Phi) is 5.17. The minimum atomic E-state index is -0.432. The average Bonchev–Trinajstić information content (AvgIpc) is 3.26. The summed E-state index contributed by atoms with van der Waals surface area (Å²) in [6.07, 6.45) is 3.86. The first kappa shape index (κ1) is 20.3. The average molecular weight is 431 g/mol. The van der Waals surface area contributed by atoms with Gasteiger partial charge in [-0.2, -0.15) is 0 Å². The van der Waals surface area contributed by atoms with Gasteiger partial charge >= 0.3 is 5.69 Å². The predicted molar refractivity (Wildman–Crippen MR) is 125 cm³/mol. The van der Waals surface area contributed by atoms with E-state index in [9.17, 15) is 14.4 Å². The fourth-order valence-corrected chi connectivity index (χ4v) is 4.91. The summed E-state index contributed by atoms with van der Waals surface area (Å²) >= 11 is 0. The van der Waals surface area contributed by atoms with E-state index in [4.69, 9.17) is 0 Å². The van der Waals surface area contributed by atoms with Crippen molar-refractivity contribution in [3.8, 4) is 0 Å². The van der Waals surface area contributed by atoms with Crippen LogP contribution in [0, 0.1) is 0 Å². The smallest absolute Gasteiger partial charge is 0.331 e. The second-order valence-corrected chi connectivity index (χ2v) is 8.38. The molecule has 7 heteroatoms. The Morgan fingerprint density at radius 3 is 2.41 bits per heavy atom. The normalized spacial score (nSPS) is 15.0. The molecule has 1 saturated heterocycles. The van der Waals surface area contributed by atoms with Gasteiger partial charge in [-0.15, -0.1) is 0 Å². The van der Waals surface area contributed by atoms with Crippen LogP contribution in [0.15, 0.2) is 64.3 Å². The molecule has 1 fully saturated rings. The summed E-state index contributed by atoms with van der Waals surface area (Å²) in [5, 5.41) is 1.71. The number of nitrogens with one attached hydrogen (secondary N) is 1. The first-order chi connectivity index (χ1) is 15.6. The standard InChI is InChI=1S/C25H26N4O3/c1-2-28-24(31)19-8-4-6-10-22(19)29(25(28)32)16-23(30)27-13-11-17(12-14-27)20-15-26-21-9-5-3-7-18(20)21/h3-10,15,17,26H,2,11-14,16H2,1H3. The first-order valence-electron chi connectivity index (χ1n) is 11.1. The Balaban J connectivity index is 1.36. The van der Waals surface area contributed by atoms with Gasteiger partial charge in [-0.05, 0) is 49.4 Å². The molecule has 0 spiro atoms. The maximum Gasteiger partial charge on any atom is 0.331 e. The molecule has 0 saturated carbocycles. The summed E-state index contributed by atoms with van der Waals surface area (Å²) in [4.78, 5) is 43.9. The minimum Gasteiger partial charge on any atom is -0.361 e. The lowest BCUT2D eigenvalue weighted by Gasteiger charge is -2.32. The molecule has 1 N–H and O–H groups in total. The Labute approximate surface area is 184 Å². The van der Waals surface area contributed by atoms with Crippen molar-refractivity contribution in [3.63, 3.8) is 0 Å². The third-order valence-electron chi connectivity index (χ3n) is 6.65. The van der Waals surface area contributed by atoms with E-state index in [2.05, 4.69) is 29.4 Å². The second-order valence-electron chi connectivity index (χ2n) is 8.38. The number of aromatic nitrogens is 3. The molecule has 2 aromatic carbocycles. The Hall–Kier alpha value is -3.61. The van der Waals surface area contributed by atoms with E-state index < -0.39 is 5.69 Å². The lowest BCUT2D eigenvalue weighted by molar-refractivity contribution is -0.132. The molecule has 3 heterocycles. The molecule has 4 aromatic rings. The third-order valence-corrected chi connectivity index (χ3v) is 6.65. The first-order valence-corrected chi connectivity index (χ1v) is 11.1. The van der Waals surface area contributed by atoms with Gasteiger partial charge in [0.05, 0.1) is 10.9 Å². The number of piperidine rings is 1. The van der Waals surface area contributed by atoms with Gasteiger partial charge in [0.1, 0.15) is 6.54 Å². The highest BCUT2D eigenvalue weighted by molar-refractivity contribution is 5.84. The quantitative estimate of drug-likeness (QED) is 0.540. The van der Waals surface area contributed by atoms with Gasteiger partial charge in [0.2, 0.25) is 5.91 Å². The zero-order valence-corrected chi connectivity index (χ0v) is 18.1. The second kappa shape index (κ2) is 8.15. The van der Waals surface area contributed by atoms with Crippen LogP contribution in [0.1, 0.15) is 31.2 Å². The van der Waals surface area contributed by atoms with Crippen molar-refractivity contribution in [1.29, 1.82) is 0 Å². The van der Waals surface area contributed by atoms with Crippen molar-refractivity contribution in [2.45, 2.75) is 38.8 Å². The van der Waals surface area contributed by atoms with E-state index in [-0.39, 0.29) is 24.6 Å². The van der Waals surface area contributed by atoms with Crippen molar-refractivity contribution < 1.29 is 4.79 Å². The topological polar surface area (TPSA) is 80.1 Å². The van der Waals surface area contributed by atoms with Crippen LogP contribution in [0.5, 0.6) is 0 Å². The number of rotatable bonds is 4. The SMILES string of the molecule is CCn1c(=O)c2ccccc2n(CC(=O)N2CCC(c3c[nH]c4ccccc34)CC2)c1=O. The predicted octanol–water partition coefficient (Wildman–Crippen LogP) is 3.07. The molecule has 0 unspecified atom stereocenters.